The molecule has 6 heteroatoms. The summed E-state index contributed by atoms with van der Waals surface area (Å²) in [4.78, 5) is 0. The molecule has 22 heavy (non-hydrogen) atoms. The van der Waals surface area contributed by atoms with E-state index in [1.54, 1.807) is 29.0 Å². The summed E-state index contributed by atoms with van der Waals surface area (Å²) in [6.45, 7) is 0. The predicted octanol–water partition coefficient (Wildman–Crippen LogP) is 4.22. The van der Waals surface area contributed by atoms with Crippen LogP contribution in [0.15, 0.2) is 75.7 Å². The van der Waals surface area contributed by atoms with Crippen molar-refractivity contribution in [3.63, 3.8) is 0 Å². The van der Waals surface area contributed by atoms with Gasteiger partial charge < -0.3 is 0 Å². The summed E-state index contributed by atoms with van der Waals surface area (Å²) in [6, 6.07) is 18.2. The quantitative estimate of drug-likeness (QED) is 0.497. The van der Waals surface area contributed by atoms with Crippen molar-refractivity contribution >= 4 is 33.9 Å². The number of nitrogens with zero attached hydrogens (tertiary/aromatic N) is 4. The van der Waals surface area contributed by atoms with E-state index in [0.717, 1.165) is 20.9 Å². The normalized spacial score (nSPS) is 11.1. The summed E-state index contributed by atoms with van der Waals surface area (Å²) in [5.74, 6) is 0.839. The fourth-order valence-corrected chi connectivity index (χ4v) is 3.07. The topological polar surface area (TPSA) is 43.1 Å². The molecule has 0 bridgehead atoms. The Bertz CT molecular complexity index is 771. The Labute approximate surface area is 141 Å². The van der Waals surface area contributed by atoms with E-state index in [1.165, 1.54) is 5.56 Å². The molecular weight excluding hydrogens is 360 g/mol. The smallest absolute Gasteiger partial charge is 0.195 e. The van der Waals surface area contributed by atoms with Gasteiger partial charge in [0, 0.05) is 10.2 Å². The van der Waals surface area contributed by atoms with Gasteiger partial charge in [0.25, 0.3) is 0 Å². The molecule has 0 amide bonds. The Balaban J connectivity index is 1.69. The molecule has 3 rings (SSSR count). The lowest BCUT2D eigenvalue weighted by Gasteiger charge is -2.01. The molecule has 0 atom stereocenters. The second kappa shape index (κ2) is 7.38. The molecule has 0 aliphatic carbocycles. The lowest BCUT2D eigenvalue weighted by molar-refractivity contribution is 0.767. The number of benzene rings is 2. The van der Waals surface area contributed by atoms with E-state index in [0.29, 0.717) is 0 Å². The minimum Gasteiger partial charge on any atom is -0.195 e. The third kappa shape index (κ3) is 4.05. The van der Waals surface area contributed by atoms with Crippen molar-refractivity contribution < 1.29 is 0 Å². The summed E-state index contributed by atoms with van der Waals surface area (Å²) < 4.78 is 2.72. The molecule has 1 aromatic heterocycles. The number of aromatic nitrogens is 3. The molecule has 0 saturated heterocycles. The molecule has 0 aliphatic heterocycles. The minimum absolute atomic E-state index is 0.773. The van der Waals surface area contributed by atoms with Gasteiger partial charge in [-0.3, -0.25) is 0 Å². The maximum atomic E-state index is 4.41. The first-order valence-electron chi connectivity index (χ1n) is 6.68. The van der Waals surface area contributed by atoms with Gasteiger partial charge in [-0.1, -0.05) is 70.2 Å². The highest BCUT2D eigenvalue weighted by molar-refractivity contribution is 9.10. The molecule has 4 nitrogen and oxygen atoms in total. The zero-order chi connectivity index (χ0) is 15.2. The molecular formula is C16H13BrN4S. The third-order valence-electron chi connectivity index (χ3n) is 2.89. The van der Waals surface area contributed by atoms with E-state index in [-0.39, 0.29) is 0 Å². The van der Waals surface area contributed by atoms with Crippen LogP contribution in [0.4, 0.5) is 0 Å². The van der Waals surface area contributed by atoms with Gasteiger partial charge in [-0.05, 0) is 23.3 Å². The highest BCUT2D eigenvalue weighted by atomic mass is 79.9. The number of halogens is 1. The average Bonchev–Trinajstić information content (AvgIpc) is 2.99. The van der Waals surface area contributed by atoms with Crippen molar-refractivity contribution in [1.29, 1.82) is 0 Å². The Hall–Kier alpha value is -1.92. The molecule has 0 spiro atoms. The number of hydrogen-bond donors (Lipinski definition) is 0. The Kier molecular flexibility index (Phi) is 5.03. The van der Waals surface area contributed by atoms with Crippen molar-refractivity contribution in [3.8, 4) is 0 Å². The molecule has 0 saturated carbocycles. The van der Waals surface area contributed by atoms with Crippen LogP contribution in [0.3, 0.4) is 0 Å². The highest BCUT2D eigenvalue weighted by Gasteiger charge is 2.04. The van der Waals surface area contributed by atoms with E-state index in [4.69, 9.17) is 0 Å². The van der Waals surface area contributed by atoms with Crippen LogP contribution < -0.4 is 0 Å². The lowest BCUT2D eigenvalue weighted by Crippen LogP contribution is -1.92. The van der Waals surface area contributed by atoms with Crippen molar-refractivity contribution in [2.45, 2.75) is 10.9 Å². The van der Waals surface area contributed by atoms with Gasteiger partial charge >= 0.3 is 0 Å². The molecule has 0 radical (unpaired) electrons. The van der Waals surface area contributed by atoms with Gasteiger partial charge in [0.05, 0.1) is 6.21 Å². The van der Waals surface area contributed by atoms with Gasteiger partial charge in [-0.2, -0.15) is 9.78 Å². The first kappa shape index (κ1) is 15.0. The maximum absolute atomic E-state index is 4.41. The fraction of sp³-hybridized carbons (Fsp3) is 0.0625. The largest absolute Gasteiger partial charge is 0.212 e. The minimum atomic E-state index is 0.773. The lowest BCUT2D eigenvalue weighted by atomic mass is 10.2. The third-order valence-corrected chi connectivity index (χ3v) is 4.39. The standard InChI is InChI=1S/C16H13BrN4S/c17-15-8-4-7-14(9-15)10-19-21-12-18-20-16(21)22-11-13-5-2-1-3-6-13/h1-10,12H,11H2. The van der Waals surface area contributed by atoms with Crippen LogP contribution in [-0.4, -0.2) is 21.1 Å². The molecule has 3 aromatic rings. The van der Waals surface area contributed by atoms with Crippen LogP contribution >= 0.6 is 27.7 Å². The predicted molar refractivity (Wildman–Crippen MR) is 93.2 cm³/mol. The highest BCUT2D eigenvalue weighted by Crippen LogP contribution is 2.20. The van der Waals surface area contributed by atoms with Gasteiger partial charge in [0.1, 0.15) is 6.33 Å². The van der Waals surface area contributed by atoms with E-state index >= 15 is 0 Å². The van der Waals surface area contributed by atoms with Gasteiger partial charge in [0.2, 0.25) is 5.16 Å². The number of thioether (sulfide) groups is 1. The zero-order valence-corrected chi connectivity index (χ0v) is 14.0. The average molecular weight is 373 g/mol. The zero-order valence-electron chi connectivity index (χ0n) is 11.6. The number of rotatable bonds is 5. The second-order valence-corrected chi connectivity index (χ2v) is 6.39. The van der Waals surface area contributed by atoms with E-state index in [2.05, 4.69) is 43.4 Å². The van der Waals surface area contributed by atoms with Crippen LogP contribution in [0.1, 0.15) is 11.1 Å². The summed E-state index contributed by atoms with van der Waals surface area (Å²) in [6.07, 6.45) is 3.41. The van der Waals surface area contributed by atoms with E-state index < -0.39 is 0 Å². The number of hydrogen-bond acceptors (Lipinski definition) is 4. The maximum Gasteiger partial charge on any atom is 0.212 e. The molecule has 0 fully saturated rings. The molecule has 110 valence electrons. The monoisotopic (exact) mass is 372 g/mol. The summed E-state index contributed by atoms with van der Waals surface area (Å²) in [7, 11) is 0. The second-order valence-electron chi connectivity index (χ2n) is 4.53. The summed E-state index contributed by atoms with van der Waals surface area (Å²) >= 11 is 5.06. The molecule has 0 N–H and O–H groups in total. The van der Waals surface area contributed by atoms with Crippen LogP contribution in [-0.2, 0) is 5.75 Å². The van der Waals surface area contributed by atoms with Crippen molar-refractivity contribution in [1.82, 2.24) is 14.9 Å². The first-order chi connectivity index (χ1) is 10.8. The van der Waals surface area contributed by atoms with Crippen molar-refractivity contribution in [3.05, 3.63) is 76.5 Å². The Morgan fingerprint density at radius 3 is 2.82 bits per heavy atom. The molecule has 2 aromatic carbocycles. The van der Waals surface area contributed by atoms with Crippen LogP contribution in [0.2, 0.25) is 0 Å². The SMILES string of the molecule is Brc1cccc(C=Nn2cnnc2SCc2ccccc2)c1. The summed E-state index contributed by atoms with van der Waals surface area (Å²) in [5.41, 5.74) is 2.26. The van der Waals surface area contributed by atoms with E-state index in [1.807, 2.05) is 42.5 Å². The van der Waals surface area contributed by atoms with Crippen molar-refractivity contribution in [2.24, 2.45) is 5.10 Å². The van der Waals surface area contributed by atoms with Crippen LogP contribution in [0, 0.1) is 0 Å². The molecule has 0 aliphatic rings. The van der Waals surface area contributed by atoms with Gasteiger partial charge in [-0.25, -0.2) is 0 Å². The first-order valence-corrected chi connectivity index (χ1v) is 8.46. The van der Waals surface area contributed by atoms with E-state index in [9.17, 15) is 0 Å². The Morgan fingerprint density at radius 2 is 2.00 bits per heavy atom. The van der Waals surface area contributed by atoms with Gasteiger partial charge in [0.15, 0.2) is 0 Å². The fourth-order valence-electron chi connectivity index (χ4n) is 1.83. The van der Waals surface area contributed by atoms with Crippen molar-refractivity contribution in [2.75, 3.05) is 0 Å². The van der Waals surface area contributed by atoms with Gasteiger partial charge in [-0.15, -0.1) is 10.2 Å². The van der Waals surface area contributed by atoms with Crippen LogP contribution in [0.25, 0.3) is 0 Å². The van der Waals surface area contributed by atoms with Crippen LogP contribution in [0.5, 0.6) is 0 Å². The Morgan fingerprint density at radius 1 is 1.14 bits per heavy atom. The summed E-state index contributed by atoms with van der Waals surface area (Å²) in [5, 5.41) is 13.2. The molecule has 1 heterocycles. The molecule has 0 unspecified atom stereocenters.